The summed E-state index contributed by atoms with van der Waals surface area (Å²) in [5, 5.41) is 0. The molecule has 118 valence electrons. The van der Waals surface area contributed by atoms with E-state index in [1.807, 2.05) is 13.3 Å². The minimum absolute atomic E-state index is 0.306. The zero-order valence-corrected chi connectivity index (χ0v) is 13.8. The van der Waals surface area contributed by atoms with Crippen LogP contribution in [0.15, 0.2) is 0 Å². The number of Topliss-reactive ketones (excluding diaryl/α,β-unsaturated/α-hetero) is 1. The highest BCUT2D eigenvalue weighted by Crippen LogP contribution is 2.13. The van der Waals surface area contributed by atoms with Crippen LogP contribution in [0.25, 0.3) is 0 Å². The van der Waals surface area contributed by atoms with E-state index in [1.165, 1.54) is 77.0 Å². The minimum atomic E-state index is 0.306. The summed E-state index contributed by atoms with van der Waals surface area (Å²) in [7, 11) is 0. The molecule has 0 aromatic carbocycles. The first-order chi connectivity index (χ1) is 9.81. The van der Waals surface area contributed by atoms with Gasteiger partial charge in [-0.15, -0.1) is 0 Å². The van der Waals surface area contributed by atoms with E-state index in [4.69, 9.17) is 0 Å². The van der Waals surface area contributed by atoms with E-state index >= 15 is 0 Å². The van der Waals surface area contributed by atoms with Gasteiger partial charge in [0.15, 0.2) is 0 Å². The van der Waals surface area contributed by atoms with Crippen LogP contribution in [0, 0.1) is 13.3 Å². The third-order valence-corrected chi connectivity index (χ3v) is 3.92. The highest BCUT2D eigenvalue weighted by molar-refractivity contribution is 5.86. The van der Waals surface area contributed by atoms with Crippen molar-refractivity contribution in [3.63, 3.8) is 0 Å². The van der Waals surface area contributed by atoms with Gasteiger partial charge in [-0.1, -0.05) is 97.3 Å². The minimum Gasteiger partial charge on any atom is -0.299 e. The van der Waals surface area contributed by atoms with Crippen molar-refractivity contribution in [1.82, 2.24) is 0 Å². The van der Waals surface area contributed by atoms with Gasteiger partial charge in [0.25, 0.3) is 0 Å². The summed E-state index contributed by atoms with van der Waals surface area (Å²) in [6, 6.07) is 0. The molecule has 1 nitrogen and oxygen atoms in total. The Bertz CT molecular complexity index is 198. The molecule has 0 N–H and O–H groups in total. The number of ketones is 1. The second-order valence-electron chi connectivity index (χ2n) is 5.91. The molecular formula is C19H36O. The fourth-order valence-corrected chi connectivity index (χ4v) is 2.50. The van der Waals surface area contributed by atoms with Gasteiger partial charge in [0.05, 0.1) is 0 Å². The summed E-state index contributed by atoms with van der Waals surface area (Å²) in [4.78, 5) is 11.1. The Hall–Kier alpha value is -0.330. The molecule has 0 saturated heterocycles. The smallest absolute Gasteiger partial charge is 0.136 e. The number of carbonyl (C=O) groups excluding carboxylic acids is 1. The second-order valence-corrected chi connectivity index (χ2v) is 5.91. The Morgan fingerprint density at radius 1 is 0.750 bits per heavy atom. The van der Waals surface area contributed by atoms with Gasteiger partial charge >= 0.3 is 0 Å². The summed E-state index contributed by atoms with van der Waals surface area (Å²) in [6.07, 6.45) is 21.0. The predicted molar refractivity (Wildman–Crippen MR) is 89.6 cm³/mol. The lowest BCUT2D eigenvalue weighted by Crippen LogP contribution is -1.95. The molecule has 0 heterocycles. The van der Waals surface area contributed by atoms with Crippen molar-refractivity contribution in [2.45, 2.75) is 103 Å². The topological polar surface area (TPSA) is 17.1 Å². The van der Waals surface area contributed by atoms with E-state index in [-0.39, 0.29) is 0 Å². The Morgan fingerprint density at radius 3 is 1.55 bits per heavy atom. The van der Waals surface area contributed by atoms with Crippen LogP contribution in [0.2, 0.25) is 0 Å². The molecule has 0 saturated carbocycles. The van der Waals surface area contributed by atoms with E-state index in [2.05, 4.69) is 6.92 Å². The van der Waals surface area contributed by atoms with E-state index in [0.29, 0.717) is 12.2 Å². The van der Waals surface area contributed by atoms with E-state index in [1.54, 1.807) is 0 Å². The number of carbonyl (C=O) groups is 1. The fourth-order valence-electron chi connectivity index (χ4n) is 2.50. The van der Waals surface area contributed by atoms with Gasteiger partial charge in [0.1, 0.15) is 5.78 Å². The molecule has 0 aliphatic heterocycles. The first-order valence-electron chi connectivity index (χ1n) is 8.96. The molecule has 20 heavy (non-hydrogen) atoms. The molecule has 1 heteroatoms. The lowest BCUT2D eigenvalue weighted by atomic mass is 10.0. The van der Waals surface area contributed by atoms with Crippen LogP contribution in [0.5, 0.6) is 0 Å². The summed E-state index contributed by atoms with van der Waals surface area (Å²) in [5.41, 5.74) is 0. The monoisotopic (exact) mass is 280 g/mol. The summed E-state index contributed by atoms with van der Waals surface area (Å²) in [6.45, 7) is 5.80. The van der Waals surface area contributed by atoms with Gasteiger partial charge in [0, 0.05) is 12.8 Å². The molecule has 0 spiro atoms. The Balaban J connectivity index is 2.97. The molecule has 2 radical (unpaired) electrons. The third kappa shape index (κ3) is 15.7. The largest absolute Gasteiger partial charge is 0.299 e. The zero-order chi connectivity index (χ0) is 14.9. The predicted octanol–water partition coefficient (Wildman–Crippen LogP) is 6.47. The molecule has 0 atom stereocenters. The van der Waals surface area contributed by atoms with Crippen molar-refractivity contribution in [3.05, 3.63) is 13.3 Å². The molecule has 0 rings (SSSR count). The lowest BCUT2D eigenvalue weighted by molar-refractivity contribution is -0.115. The van der Waals surface area contributed by atoms with Crippen LogP contribution >= 0.6 is 0 Å². The lowest BCUT2D eigenvalue weighted by Gasteiger charge is -2.03. The maximum absolute atomic E-state index is 11.1. The molecular weight excluding hydrogens is 244 g/mol. The van der Waals surface area contributed by atoms with E-state index < -0.39 is 0 Å². The van der Waals surface area contributed by atoms with E-state index in [9.17, 15) is 4.79 Å². The first-order valence-corrected chi connectivity index (χ1v) is 8.96. The quantitative estimate of drug-likeness (QED) is 0.296. The summed E-state index contributed by atoms with van der Waals surface area (Å²) < 4.78 is 0. The fraction of sp³-hybridized carbons (Fsp3) is 0.842. The molecule has 0 aromatic heterocycles. The Labute approximate surface area is 127 Å². The van der Waals surface area contributed by atoms with Gasteiger partial charge in [-0.05, 0) is 6.42 Å². The van der Waals surface area contributed by atoms with Crippen LogP contribution < -0.4 is 0 Å². The standard InChI is InChI=1S/C19H36O/c1-3-5-6-7-8-9-10-11-12-13-14-15-16-17-18-19(20)4-2/h18H,1,3-17H2,2H3. The number of unbranched alkanes of at least 4 members (excludes halogenated alkanes) is 13. The average Bonchev–Trinajstić information content (AvgIpc) is 2.47. The normalized spacial score (nSPS) is 10.9. The van der Waals surface area contributed by atoms with Crippen LogP contribution in [0.1, 0.15) is 103 Å². The van der Waals surface area contributed by atoms with Crippen LogP contribution in [-0.2, 0) is 4.79 Å². The zero-order valence-electron chi connectivity index (χ0n) is 13.8. The molecule has 0 aliphatic carbocycles. The highest BCUT2D eigenvalue weighted by Gasteiger charge is 1.98. The number of rotatable bonds is 16. The second kappa shape index (κ2) is 16.7. The van der Waals surface area contributed by atoms with E-state index in [0.717, 1.165) is 12.8 Å². The maximum atomic E-state index is 11.1. The van der Waals surface area contributed by atoms with Gasteiger partial charge in [-0.3, -0.25) is 4.79 Å². The van der Waals surface area contributed by atoms with Crippen molar-refractivity contribution >= 4 is 5.78 Å². The molecule has 0 fully saturated rings. The van der Waals surface area contributed by atoms with Gasteiger partial charge < -0.3 is 0 Å². The van der Waals surface area contributed by atoms with Crippen molar-refractivity contribution < 1.29 is 4.79 Å². The average molecular weight is 280 g/mol. The first kappa shape index (κ1) is 19.7. The van der Waals surface area contributed by atoms with Gasteiger partial charge in [-0.25, -0.2) is 0 Å². The summed E-state index contributed by atoms with van der Waals surface area (Å²) in [5.74, 6) is 0.306. The SMILES string of the molecule is [CH2]CCCCCCCCCCCCCC[CH]C(=O)CC. The van der Waals surface area contributed by atoms with Gasteiger partial charge in [-0.2, -0.15) is 0 Å². The van der Waals surface area contributed by atoms with Crippen LogP contribution in [0.3, 0.4) is 0 Å². The van der Waals surface area contributed by atoms with Crippen LogP contribution in [-0.4, -0.2) is 5.78 Å². The van der Waals surface area contributed by atoms with Crippen molar-refractivity contribution in [3.8, 4) is 0 Å². The third-order valence-electron chi connectivity index (χ3n) is 3.92. The molecule has 0 aromatic rings. The summed E-state index contributed by atoms with van der Waals surface area (Å²) >= 11 is 0. The van der Waals surface area contributed by atoms with Gasteiger partial charge in [0.2, 0.25) is 0 Å². The Kier molecular flexibility index (Phi) is 16.4. The Morgan fingerprint density at radius 2 is 1.15 bits per heavy atom. The van der Waals surface area contributed by atoms with Crippen molar-refractivity contribution in [2.24, 2.45) is 0 Å². The van der Waals surface area contributed by atoms with Crippen LogP contribution in [0.4, 0.5) is 0 Å². The maximum Gasteiger partial charge on any atom is 0.136 e. The highest BCUT2D eigenvalue weighted by atomic mass is 16.1. The van der Waals surface area contributed by atoms with Crippen molar-refractivity contribution in [2.75, 3.05) is 0 Å². The number of hydrogen-bond donors (Lipinski definition) is 0. The number of hydrogen-bond acceptors (Lipinski definition) is 1. The molecule has 0 aliphatic rings. The van der Waals surface area contributed by atoms with Crippen molar-refractivity contribution in [1.29, 1.82) is 0 Å². The molecule has 0 bridgehead atoms. The molecule has 0 amide bonds. The molecule has 0 unspecified atom stereocenters.